The van der Waals surface area contributed by atoms with Gasteiger partial charge in [-0.15, -0.1) is 0 Å². The molecule has 0 fully saturated rings. The lowest BCUT2D eigenvalue weighted by Gasteiger charge is -2.24. The zero-order valence-corrected chi connectivity index (χ0v) is 9.61. The lowest BCUT2D eigenvalue weighted by molar-refractivity contribution is 0.0938. The van der Waals surface area contributed by atoms with E-state index in [4.69, 9.17) is 9.15 Å². The van der Waals surface area contributed by atoms with Gasteiger partial charge in [-0.3, -0.25) is 0 Å². The molecule has 1 N–H and O–H groups in total. The van der Waals surface area contributed by atoms with Crippen molar-refractivity contribution in [2.24, 2.45) is 0 Å². The molecule has 0 aliphatic carbocycles. The third-order valence-corrected chi connectivity index (χ3v) is 2.77. The van der Waals surface area contributed by atoms with Crippen LogP contribution >= 0.6 is 0 Å². The fourth-order valence-corrected chi connectivity index (χ4v) is 1.83. The Morgan fingerprint density at radius 2 is 2.12 bits per heavy atom. The Balaban J connectivity index is 2.60. The number of furan rings is 1. The van der Waals surface area contributed by atoms with Crippen LogP contribution in [0.4, 0.5) is 4.39 Å². The first-order chi connectivity index (χ1) is 8.07. The third kappa shape index (κ3) is 1.91. The van der Waals surface area contributed by atoms with Gasteiger partial charge in [-0.2, -0.15) is 0 Å². The third-order valence-electron chi connectivity index (χ3n) is 2.77. The molecule has 0 aliphatic heterocycles. The van der Waals surface area contributed by atoms with Gasteiger partial charge in [0.2, 0.25) is 0 Å². The topological polar surface area (TPSA) is 42.6 Å². The molecule has 0 saturated carbocycles. The standard InChI is InChI=1S/C13H13FO3/c1-13(15,9-6-7-17-8-9)12-10(14)4-3-5-11(12)16-2/h3-8,15H,1-2H3. The number of benzene rings is 1. The van der Waals surface area contributed by atoms with Crippen molar-refractivity contribution in [3.8, 4) is 5.75 Å². The van der Waals surface area contributed by atoms with Crippen LogP contribution in [0.5, 0.6) is 5.75 Å². The highest BCUT2D eigenvalue weighted by Gasteiger charge is 2.33. The Morgan fingerprint density at radius 1 is 1.35 bits per heavy atom. The fraction of sp³-hybridized carbons (Fsp3) is 0.231. The Morgan fingerprint density at radius 3 is 2.71 bits per heavy atom. The lowest BCUT2D eigenvalue weighted by Crippen LogP contribution is -2.24. The minimum Gasteiger partial charge on any atom is -0.496 e. The summed E-state index contributed by atoms with van der Waals surface area (Å²) in [6.45, 7) is 1.50. The van der Waals surface area contributed by atoms with Crippen LogP contribution in [0.25, 0.3) is 0 Å². The molecule has 2 rings (SSSR count). The summed E-state index contributed by atoms with van der Waals surface area (Å²) >= 11 is 0. The summed E-state index contributed by atoms with van der Waals surface area (Å²) in [4.78, 5) is 0. The van der Waals surface area contributed by atoms with Crippen LogP contribution < -0.4 is 4.74 Å². The van der Waals surface area contributed by atoms with E-state index in [2.05, 4.69) is 0 Å². The van der Waals surface area contributed by atoms with Gasteiger partial charge in [0.05, 0.1) is 25.2 Å². The van der Waals surface area contributed by atoms with Gasteiger partial charge in [0.1, 0.15) is 17.2 Å². The number of hydrogen-bond donors (Lipinski definition) is 1. The van der Waals surface area contributed by atoms with Crippen LogP contribution in [0.2, 0.25) is 0 Å². The molecular weight excluding hydrogens is 223 g/mol. The lowest BCUT2D eigenvalue weighted by atomic mass is 9.89. The van der Waals surface area contributed by atoms with Gasteiger partial charge < -0.3 is 14.3 Å². The summed E-state index contributed by atoms with van der Waals surface area (Å²) in [7, 11) is 1.43. The van der Waals surface area contributed by atoms with E-state index in [-0.39, 0.29) is 5.56 Å². The second-order valence-corrected chi connectivity index (χ2v) is 3.90. The molecule has 0 saturated heterocycles. The monoisotopic (exact) mass is 236 g/mol. The first kappa shape index (κ1) is 11.7. The van der Waals surface area contributed by atoms with Gasteiger partial charge in [0, 0.05) is 5.56 Å². The predicted molar refractivity (Wildman–Crippen MR) is 60.3 cm³/mol. The molecule has 0 radical (unpaired) electrons. The molecule has 1 atom stereocenters. The molecule has 0 bridgehead atoms. The first-order valence-corrected chi connectivity index (χ1v) is 5.15. The molecule has 0 spiro atoms. The van der Waals surface area contributed by atoms with E-state index < -0.39 is 11.4 Å². The van der Waals surface area contributed by atoms with Crippen molar-refractivity contribution in [2.75, 3.05) is 7.11 Å². The summed E-state index contributed by atoms with van der Waals surface area (Å²) < 4.78 is 23.8. The van der Waals surface area contributed by atoms with Crippen molar-refractivity contribution in [2.45, 2.75) is 12.5 Å². The SMILES string of the molecule is COc1cccc(F)c1C(C)(O)c1ccoc1. The maximum absolute atomic E-state index is 13.9. The number of ether oxygens (including phenoxy) is 1. The first-order valence-electron chi connectivity index (χ1n) is 5.15. The highest BCUT2D eigenvalue weighted by atomic mass is 19.1. The van der Waals surface area contributed by atoms with E-state index in [1.165, 1.54) is 38.7 Å². The Hall–Kier alpha value is -1.81. The normalized spacial score (nSPS) is 14.4. The van der Waals surface area contributed by atoms with Gasteiger partial charge in [0.25, 0.3) is 0 Å². The van der Waals surface area contributed by atoms with Crippen LogP contribution in [-0.2, 0) is 5.60 Å². The molecule has 0 amide bonds. The van der Waals surface area contributed by atoms with Gasteiger partial charge >= 0.3 is 0 Å². The number of hydrogen-bond acceptors (Lipinski definition) is 3. The molecular formula is C13H13FO3. The van der Waals surface area contributed by atoms with Crippen molar-refractivity contribution >= 4 is 0 Å². The van der Waals surface area contributed by atoms with Gasteiger partial charge in [0.15, 0.2) is 0 Å². The largest absolute Gasteiger partial charge is 0.496 e. The highest BCUT2D eigenvalue weighted by molar-refractivity contribution is 5.44. The smallest absolute Gasteiger partial charge is 0.133 e. The van der Waals surface area contributed by atoms with Crippen LogP contribution in [-0.4, -0.2) is 12.2 Å². The molecule has 4 heteroatoms. The van der Waals surface area contributed by atoms with E-state index in [9.17, 15) is 9.50 Å². The van der Waals surface area contributed by atoms with E-state index in [1.54, 1.807) is 12.1 Å². The maximum atomic E-state index is 13.9. The molecule has 3 nitrogen and oxygen atoms in total. The summed E-state index contributed by atoms with van der Waals surface area (Å²) in [6.07, 6.45) is 2.81. The number of methoxy groups -OCH3 is 1. The summed E-state index contributed by atoms with van der Waals surface area (Å²) in [5.74, 6) is -0.216. The van der Waals surface area contributed by atoms with Crippen LogP contribution in [0.3, 0.4) is 0 Å². The Kier molecular flexibility index (Phi) is 2.90. The molecule has 0 aliphatic rings. The van der Waals surface area contributed by atoms with Crippen molar-refractivity contribution in [1.29, 1.82) is 0 Å². The molecule has 1 aromatic heterocycles. The van der Waals surface area contributed by atoms with E-state index >= 15 is 0 Å². The summed E-state index contributed by atoms with van der Waals surface area (Å²) in [6, 6.07) is 6.01. The van der Waals surface area contributed by atoms with E-state index in [1.807, 2.05) is 0 Å². The highest BCUT2D eigenvalue weighted by Crippen LogP contribution is 2.37. The van der Waals surface area contributed by atoms with Gasteiger partial charge in [-0.05, 0) is 25.1 Å². The number of rotatable bonds is 3. The molecule has 1 heterocycles. The number of aliphatic hydroxyl groups is 1. The average Bonchev–Trinajstić information content (AvgIpc) is 2.82. The molecule has 1 aromatic carbocycles. The number of halogens is 1. The van der Waals surface area contributed by atoms with Crippen LogP contribution in [0, 0.1) is 5.82 Å². The molecule has 90 valence electrons. The quantitative estimate of drug-likeness (QED) is 0.890. The second kappa shape index (κ2) is 4.22. The van der Waals surface area contributed by atoms with Crippen LogP contribution in [0.15, 0.2) is 41.2 Å². The van der Waals surface area contributed by atoms with E-state index in [0.717, 1.165) is 0 Å². The Bertz CT molecular complexity index is 503. The van der Waals surface area contributed by atoms with Crippen molar-refractivity contribution in [3.63, 3.8) is 0 Å². The second-order valence-electron chi connectivity index (χ2n) is 3.90. The minimum absolute atomic E-state index is 0.101. The molecule has 2 aromatic rings. The molecule has 1 unspecified atom stereocenters. The van der Waals surface area contributed by atoms with Gasteiger partial charge in [-0.25, -0.2) is 4.39 Å². The summed E-state index contributed by atoms with van der Waals surface area (Å²) in [5.41, 5.74) is -0.922. The van der Waals surface area contributed by atoms with E-state index in [0.29, 0.717) is 11.3 Å². The fourth-order valence-electron chi connectivity index (χ4n) is 1.83. The average molecular weight is 236 g/mol. The predicted octanol–water partition coefficient (Wildman–Crippen LogP) is 2.68. The van der Waals surface area contributed by atoms with Crippen molar-refractivity contribution in [3.05, 3.63) is 53.7 Å². The minimum atomic E-state index is -1.50. The van der Waals surface area contributed by atoms with Crippen molar-refractivity contribution in [1.82, 2.24) is 0 Å². The van der Waals surface area contributed by atoms with Crippen LogP contribution in [0.1, 0.15) is 18.1 Å². The zero-order chi connectivity index (χ0) is 12.5. The molecule has 17 heavy (non-hydrogen) atoms. The summed E-state index contributed by atoms with van der Waals surface area (Å²) in [5, 5.41) is 10.5. The van der Waals surface area contributed by atoms with Crippen molar-refractivity contribution < 1.29 is 18.7 Å². The zero-order valence-electron chi connectivity index (χ0n) is 9.61. The Labute approximate surface area is 98.5 Å². The van der Waals surface area contributed by atoms with Gasteiger partial charge in [-0.1, -0.05) is 6.07 Å². The maximum Gasteiger partial charge on any atom is 0.133 e.